The maximum Gasteiger partial charge on any atom is 0.258 e. The van der Waals surface area contributed by atoms with Crippen LogP contribution < -0.4 is 15.0 Å². The second kappa shape index (κ2) is 7.41. The topological polar surface area (TPSA) is 53.4 Å². The van der Waals surface area contributed by atoms with E-state index in [1.54, 1.807) is 12.3 Å². The van der Waals surface area contributed by atoms with Crippen LogP contribution in [0, 0.1) is 5.95 Å². The Morgan fingerprint density at radius 1 is 0.958 bits per heavy atom. The lowest BCUT2D eigenvalue weighted by Gasteiger charge is -2.09. The summed E-state index contributed by atoms with van der Waals surface area (Å²) in [5.74, 6) is 0.619. The molecule has 0 bridgehead atoms. The summed E-state index contributed by atoms with van der Waals surface area (Å²) in [7, 11) is 0. The van der Waals surface area contributed by atoms with Gasteiger partial charge in [-0.2, -0.15) is 4.39 Å². The molecule has 0 spiro atoms. The third-order valence-corrected chi connectivity index (χ3v) is 3.24. The van der Waals surface area contributed by atoms with Crippen molar-refractivity contribution in [1.82, 2.24) is 9.55 Å². The number of nitrogens with zero attached hydrogens (tertiary/aromatic N) is 2. The maximum absolute atomic E-state index is 12.8. The van der Waals surface area contributed by atoms with Gasteiger partial charge >= 0.3 is 0 Å². The third kappa shape index (κ3) is 3.98. The molecular weight excluding hydrogens is 311 g/mol. The number of hydrogen-bond donors (Lipinski definition) is 0. The van der Waals surface area contributed by atoms with Crippen molar-refractivity contribution >= 4 is 0 Å². The molecule has 5 nitrogen and oxygen atoms in total. The Labute approximate surface area is 137 Å². The summed E-state index contributed by atoms with van der Waals surface area (Å²) in [6, 6.07) is 15.1. The van der Waals surface area contributed by atoms with E-state index in [4.69, 9.17) is 9.47 Å². The predicted molar refractivity (Wildman–Crippen MR) is 87.2 cm³/mol. The summed E-state index contributed by atoms with van der Waals surface area (Å²) < 4.78 is 25.2. The van der Waals surface area contributed by atoms with Gasteiger partial charge in [-0.3, -0.25) is 9.36 Å². The van der Waals surface area contributed by atoms with Gasteiger partial charge in [-0.15, -0.1) is 0 Å². The number of para-hydroxylation sites is 1. The molecule has 0 aliphatic rings. The van der Waals surface area contributed by atoms with Crippen molar-refractivity contribution < 1.29 is 13.9 Å². The minimum absolute atomic E-state index is 0.287. The maximum atomic E-state index is 12.8. The molecule has 3 aromatic rings. The van der Waals surface area contributed by atoms with Gasteiger partial charge in [0.05, 0.1) is 11.9 Å². The molecule has 0 saturated carbocycles. The van der Waals surface area contributed by atoms with Crippen molar-refractivity contribution in [2.24, 2.45) is 0 Å². The molecule has 2 heterocycles. The molecule has 24 heavy (non-hydrogen) atoms. The summed E-state index contributed by atoms with van der Waals surface area (Å²) in [4.78, 5) is 15.6. The first-order valence-electron chi connectivity index (χ1n) is 7.38. The second-order valence-electron chi connectivity index (χ2n) is 4.92. The summed E-state index contributed by atoms with van der Waals surface area (Å²) >= 11 is 0. The third-order valence-electron chi connectivity index (χ3n) is 3.24. The Kier molecular flexibility index (Phi) is 4.86. The zero-order chi connectivity index (χ0) is 16.8. The number of hydrogen-bond acceptors (Lipinski definition) is 4. The number of ether oxygens (including phenoxy) is 2. The first-order chi connectivity index (χ1) is 11.7. The largest absolute Gasteiger partial charge is 0.490 e. The van der Waals surface area contributed by atoms with Gasteiger partial charge in [-0.05, 0) is 30.3 Å². The molecule has 2 aromatic heterocycles. The Morgan fingerprint density at radius 3 is 2.38 bits per heavy atom. The van der Waals surface area contributed by atoms with Crippen molar-refractivity contribution in [3.63, 3.8) is 0 Å². The van der Waals surface area contributed by atoms with E-state index < -0.39 is 5.95 Å². The Morgan fingerprint density at radius 2 is 1.71 bits per heavy atom. The van der Waals surface area contributed by atoms with Crippen molar-refractivity contribution in [2.75, 3.05) is 13.2 Å². The minimum Gasteiger partial charge on any atom is -0.490 e. The molecule has 0 N–H and O–H groups in total. The van der Waals surface area contributed by atoms with Crippen molar-refractivity contribution in [2.45, 2.75) is 0 Å². The van der Waals surface area contributed by atoms with Crippen LogP contribution in [-0.4, -0.2) is 22.8 Å². The number of rotatable bonds is 6. The number of aromatic nitrogens is 2. The Bertz CT molecular complexity index is 848. The highest BCUT2D eigenvalue weighted by atomic mass is 19.1. The van der Waals surface area contributed by atoms with Crippen LogP contribution in [0.15, 0.2) is 71.8 Å². The van der Waals surface area contributed by atoms with Crippen LogP contribution in [0.5, 0.6) is 11.5 Å². The first-order valence-corrected chi connectivity index (χ1v) is 7.38. The zero-order valence-electron chi connectivity index (χ0n) is 12.8. The smallest absolute Gasteiger partial charge is 0.258 e. The molecule has 0 unspecified atom stereocenters. The van der Waals surface area contributed by atoms with E-state index in [2.05, 4.69) is 4.98 Å². The van der Waals surface area contributed by atoms with Gasteiger partial charge < -0.3 is 9.47 Å². The molecule has 1 aromatic carbocycles. The van der Waals surface area contributed by atoms with Crippen LogP contribution in [0.2, 0.25) is 0 Å². The highest BCUT2D eigenvalue weighted by molar-refractivity contribution is 5.31. The van der Waals surface area contributed by atoms with Crippen LogP contribution in [0.3, 0.4) is 0 Å². The van der Waals surface area contributed by atoms with Gasteiger partial charge in [0, 0.05) is 12.3 Å². The van der Waals surface area contributed by atoms with E-state index in [0.717, 1.165) is 5.75 Å². The van der Waals surface area contributed by atoms with E-state index in [0.29, 0.717) is 24.7 Å². The van der Waals surface area contributed by atoms with E-state index in [1.807, 2.05) is 30.3 Å². The SMILES string of the molecule is O=c1cc(OCCOc2ccccc2)ccn1-c1ccc(F)nc1. The van der Waals surface area contributed by atoms with Gasteiger partial charge in [0.25, 0.3) is 5.56 Å². The van der Waals surface area contributed by atoms with Crippen molar-refractivity contribution in [1.29, 1.82) is 0 Å². The summed E-state index contributed by atoms with van der Waals surface area (Å²) in [6.45, 7) is 0.686. The van der Waals surface area contributed by atoms with Crippen LogP contribution in [-0.2, 0) is 0 Å². The summed E-state index contributed by atoms with van der Waals surface area (Å²) in [5, 5.41) is 0. The highest BCUT2D eigenvalue weighted by Crippen LogP contribution is 2.11. The molecule has 0 aliphatic carbocycles. The number of pyridine rings is 2. The van der Waals surface area contributed by atoms with Crippen molar-refractivity contribution in [3.05, 3.63) is 83.3 Å². The van der Waals surface area contributed by atoms with Gasteiger partial charge in [-0.1, -0.05) is 18.2 Å². The van der Waals surface area contributed by atoms with Crippen LogP contribution in [0.25, 0.3) is 5.69 Å². The standard InChI is InChI=1S/C18H15FN2O3/c19-17-7-6-14(13-20-17)21-9-8-16(12-18(21)22)24-11-10-23-15-4-2-1-3-5-15/h1-9,12-13H,10-11H2. The van der Waals surface area contributed by atoms with Gasteiger partial charge in [0.1, 0.15) is 24.7 Å². The Balaban J connectivity index is 1.58. The fraction of sp³-hybridized carbons (Fsp3) is 0.111. The average molecular weight is 326 g/mol. The van der Waals surface area contributed by atoms with Crippen LogP contribution in [0.1, 0.15) is 0 Å². The molecule has 0 atom stereocenters. The predicted octanol–water partition coefficient (Wildman–Crippen LogP) is 2.83. The zero-order valence-corrected chi connectivity index (χ0v) is 12.8. The molecule has 6 heteroatoms. The lowest BCUT2D eigenvalue weighted by atomic mass is 10.3. The van der Waals surface area contributed by atoms with Gasteiger partial charge in [-0.25, -0.2) is 4.98 Å². The summed E-state index contributed by atoms with van der Waals surface area (Å²) in [5.41, 5.74) is 0.199. The summed E-state index contributed by atoms with van der Waals surface area (Å²) in [6.07, 6.45) is 2.86. The molecule has 3 rings (SSSR count). The lowest BCUT2D eigenvalue weighted by molar-refractivity contribution is 0.217. The van der Waals surface area contributed by atoms with Crippen LogP contribution >= 0.6 is 0 Å². The normalized spacial score (nSPS) is 10.4. The van der Waals surface area contributed by atoms with Crippen LogP contribution in [0.4, 0.5) is 4.39 Å². The Hall–Kier alpha value is -3.15. The number of benzene rings is 1. The van der Waals surface area contributed by atoms with E-state index in [9.17, 15) is 9.18 Å². The monoisotopic (exact) mass is 326 g/mol. The number of halogens is 1. The lowest BCUT2D eigenvalue weighted by Crippen LogP contribution is -2.18. The van der Waals surface area contributed by atoms with E-state index in [-0.39, 0.29) is 5.56 Å². The fourth-order valence-electron chi connectivity index (χ4n) is 2.11. The highest BCUT2D eigenvalue weighted by Gasteiger charge is 2.03. The molecule has 122 valence electrons. The van der Waals surface area contributed by atoms with Gasteiger partial charge in [0.2, 0.25) is 5.95 Å². The van der Waals surface area contributed by atoms with Crippen molar-refractivity contribution in [3.8, 4) is 17.2 Å². The molecule has 0 amide bonds. The molecule has 0 fully saturated rings. The quantitative estimate of drug-likeness (QED) is 0.516. The average Bonchev–Trinajstić information content (AvgIpc) is 2.61. The molecule has 0 aliphatic heterocycles. The van der Waals surface area contributed by atoms with E-state index >= 15 is 0 Å². The van der Waals surface area contributed by atoms with E-state index in [1.165, 1.54) is 29.0 Å². The fourth-order valence-corrected chi connectivity index (χ4v) is 2.11. The molecule has 0 radical (unpaired) electrons. The molecule has 0 saturated heterocycles. The second-order valence-corrected chi connectivity index (χ2v) is 4.92. The molecular formula is C18H15FN2O3. The van der Waals surface area contributed by atoms with Gasteiger partial charge in [0.15, 0.2) is 0 Å². The first kappa shape index (κ1) is 15.7. The minimum atomic E-state index is -0.592.